The number of methoxy groups -OCH3 is 3. The van der Waals surface area contributed by atoms with Crippen molar-refractivity contribution in [2.24, 2.45) is 28.6 Å². The van der Waals surface area contributed by atoms with Crippen molar-refractivity contribution >= 4 is 5.78 Å². The number of Topliss-reactive ketones (excluding diaryl/α,β-unsaturated/α-hetero) is 1. The molecule has 1 N–H and O–H groups in total. The number of carbonyl (C=O) groups excluding carboxylic acids is 1. The first-order valence-electron chi connectivity index (χ1n) is 12.6. The summed E-state index contributed by atoms with van der Waals surface area (Å²) in [5.74, 6) is -0.540. The maximum absolute atomic E-state index is 14.9. The lowest BCUT2D eigenvalue weighted by atomic mass is 9.41. The van der Waals surface area contributed by atoms with Crippen LogP contribution < -0.4 is 0 Å². The number of ketones is 1. The SMILES string of the molecule is CCN1C[C@]2(C)CC[C@H](OC)[C@@]34C1[C@]1(OCO[C@@]15C[C@H](OC)[C@H]1C[C@]3(O)[C@@H]5[C@H]1OC)C(=O)[C@H]24. The average molecular weight is 464 g/mol. The van der Waals surface area contributed by atoms with Gasteiger partial charge in [-0.25, -0.2) is 0 Å². The minimum absolute atomic E-state index is 0.0344. The smallest absolute Gasteiger partial charge is 0.175 e. The molecule has 1 unspecified atom stereocenters. The number of rotatable bonds is 4. The first-order valence-corrected chi connectivity index (χ1v) is 12.6. The van der Waals surface area contributed by atoms with Crippen LogP contribution >= 0.6 is 0 Å². The van der Waals surface area contributed by atoms with Crippen LogP contribution in [0.15, 0.2) is 0 Å². The third-order valence-corrected chi connectivity index (χ3v) is 11.6. The van der Waals surface area contributed by atoms with Crippen molar-refractivity contribution in [3.63, 3.8) is 0 Å². The first kappa shape index (κ1) is 21.7. The van der Waals surface area contributed by atoms with Crippen LogP contribution in [0.2, 0.25) is 0 Å². The molecule has 5 aliphatic carbocycles. The lowest BCUT2D eigenvalue weighted by molar-refractivity contribution is -0.332. The van der Waals surface area contributed by atoms with Gasteiger partial charge in [0.15, 0.2) is 11.4 Å². The van der Waals surface area contributed by atoms with Crippen LogP contribution in [-0.4, -0.2) is 98.2 Å². The van der Waals surface area contributed by atoms with E-state index in [2.05, 4.69) is 18.7 Å². The molecule has 2 aliphatic heterocycles. The Balaban J connectivity index is 1.61. The predicted octanol–water partition coefficient (Wildman–Crippen LogP) is 0.987. The van der Waals surface area contributed by atoms with Crippen LogP contribution in [0, 0.1) is 28.6 Å². The molecule has 7 rings (SSSR count). The van der Waals surface area contributed by atoms with Gasteiger partial charge in [0.05, 0.1) is 35.4 Å². The minimum Gasteiger partial charge on any atom is -0.389 e. The summed E-state index contributed by atoms with van der Waals surface area (Å²) in [4.78, 5) is 17.3. The predicted molar refractivity (Wildman–Crippen MR) is 115 cm³/mol. The summed E-state index contributed by atoms with van der Waals surface area (Å²) < 4.78 is 31.6. The van der Waals surface area contributed by atoms with E-state index in [0.29, 0.717) is 12.8 Å². The Labute approximate surface area is 195 Å². The molecular formula is C25H37NO7. The molecule has 0 aromatic heterocycles. The maximum Gasteiger partial charge on any atom is 0.175 e. The average Bonchev–Trinajstić information content (AvgIpc) is 3.35. The van der Waals surface area contributed by atoms with Crippen molar-refractivity contribution < 1.29 is 33.6 Å². The topological polar surface area (TPSA) is 86.7 Å². The molecule has 0 aromatic carbocycles. The van der Waals surface area contributed by atoms with Gasteiger partial charge in [-0.2, -0.15) is 0 Å². The van der Waals surface area contributed by atoms with E-state index in [1.807, 2.05) is 0 Å². The largest absolute Gasteiger partial charge is 0.389 e. The summed E-state index contributed by atoms with van der Waals surface area (Å²) in [6.45, 7) is 6.07. The Morgan fingerprint density at radius 3 is 2.61 bits per heavy atom. The highest BCUT2D eigenvalue weighted by atomic mass is 16.7. The summed E-state index contributed by atoms with van der Waals surface area (Å²) in [6, 6.07) is -0.290. The van der Waals surface area contributed by atoms with Gasteiger partial charge in [-0.3, -0.25) is 9.69 Å². The standard InChI is InChI=1S/C25H37NO7/c1-6-26-11-21(2)8-7-15(30-4)24-18(21)19(27)25(20(24)26)23(32-12-33-25)10-14(29-3)13-9-22(24,28)17(23)16(13)31-5/h13-18,20,28H,6-12H2,1-5H3/t13-,14+,15+,16+,17+,18-,20?,21+,22+,23-,24-,25-/m1/s1. The molecule has 5 saturated carbocycles. The number of likely N-dealkylation sites (N-methyl/N-ethyl adjacent to an activating group) is 1. The molecule has 8 nitrogen and oxygen atoms in total. The van der Waals surface area contributed by atoms with Gasteiger partial charge in [-0.15, -0.1) is 0 Å². The molecule has 0 amide bonds. The Kier molecular flexibility index (Phi) is 4.07. The van der Waals surface area contributed by atoms with Gasteiger partial charge in [0.25, 0.3) is 0 Å². The third kappa shape index (κ3) is 1.81. The quantitative estimate of drug-likeness (QED) is 0.661. The Morgan fingerprint density at radius 2 is 1.94 bits per heavy atom. The number of hydrogen-bond acceptors (Lipinski definition) is 8. The van der Waals surface area contributed by atoms with E-state index in [4.69, 9.17) is 23.7 Å². The minimum atomic E-state index is -1.18. The van der Waals surface area contributed by atoms with E-state index < -0.39 is 22.2 Å². The number of aliphatic hydroxyl groups is 1. The Morgan fingerprint density at radius 1 is 1.15 bits per heavy atom. The van der Waals surface area contributed by atoms with E-state index in [0.717, 1.165) is 25.9 Å². The lowest BCUT2D eigenvalue weighted by Gasteiger charge is -2.71. The van der Waals surface area contributed by atoms with Crippen LogP contribution in [0.4, 0.5) is 0 Å². The molecule has 2 heterocycles. The van der Waals surface area contributed by atoms with Crippen LogP contribution in [0.25, 0.3) is 0 Å². The zero-order valence-corrected chi connectivity index (χ0v) is 20.3. The van der Waals surface area contributed by atoms with E-state index in [9.17, 15) is 9.90 Å². The van der Waals surface area contributed by atoms with Crippen molar-refractivity contribution in [2.45, 2.75) is 80.7 Å². The lowest BCUT2D eigenvalue weighted by Crippen LogP contribution is -2.85. The van der Waals surface area contributed by atoms with Gasteiger partial charge in [0.1, 0.15) is 12.4 Å². The van der Waals surface area contributed by atoms with Crippen molar-refractivity contribution in [3.05, 3.63) is 0 Å². The summed E-state index contributed by atoms with van der Waals surface area (Å²) >= 11 is 0. The highest BCUT2D eigenvalue weighted by molar-refractivity contribution is 5.99. The van der Waals surface area contributed by atoms with Crippen molar-refractivity contribution in [1.82, 2.24) is 4.90 Å². The number of hydrogen-bond donors (Lipinski definition) is 1. The molecule has 7 aliphatic rings. The Hall–Kier alpha value is -0.610. The molecular weight excluding hydrogens is 426 g/mol. The molecule has 7 bridgehead atoms. The maximum atomic E-state index is 14.9. The fraction of sp³-hybridized carbons (Fsp3) is 0.960. The van der Waals surface area contributed by atoms with E-state index in [-0.39, 0.29) is 60.1 Å². The fourth-order valence-corrected chi connectivity index (χ4v) is 11.1. The summed E-state index contributed by atoms with van der Waals surface area (Å²) in [5, 5.41) is 13.2. The second-order valence-corrected chi connectivity index (χ2v) is 12.1. The van der Waals surface area contributed by atoms with Gasteiger partial charge >= 0.3 is 0 Å². The summed E-state index contributed by atoms with van der Waals surface area (Å²) in [7, 11) is 5.17. The highest BCUT2D eigenvalue weighted by Gasteiger charge is 2.97. The number of carbonyl (C=O) groups is 1. The molecule has 184 valence electrons. The van der Waals surface area contributed by atoms with Crippen LogP contribution in [0.3, 0.4) is 0 Å². The second kappa shape index (κ2) is 6.20. The number of piperidine rings is 1. The normalized spacial score (nSPS) is 62.6. The zero-order chi connectivity index (χ0) is 23.2. The second-order valence-electron chi connectivity index (χ2n) is 12.1. The highest BCUT2D eigenvalue weighted by Crippen LogP contribution is 2.82. The van der Waals surface area contributed by atoms with Crippen LogP contribution in [0.1, 0.15) is 39.5 Å². The molecule has 0 radical (unpaired) electrons. The fourth-order valence-electron chi connectivity index (χ4n) is 11.1. The first-order chi connectivity index (χ1) is 15.8. The number of likely N-dealkylation sites (tertiary alicyclic amines) is 1. The van der Waals surface area contributed by atoms with Crippen molar-refractivity contribution in [1.29, 1.82) is 0 Å². The van der Waals surface area contributed by atoms with Crippen LogP contribution in [0.5, 0.6) is 0 Å². The Bertz CT molecular complexity index is 915. The summed E-state index contributed by atoms with van der Waals surface area (Å²) in [5.41, 5.74) is -4.31. The van der Waals surface area contributed by atoms with Gasteiger partial charge in [-0.05, 0) is 31.2 Å². The molecule has 8 heteroatoms. The van der Waals surface area contributed by atoms with Crippen LogP contribution in [-0.2, 0) is 28.5 Å². The van der Waals surface area contributed by atoms with Gasteiger partial charge < -0.3 is 28.8 Å². The van der Waals surface area contributed by atoms with E-state index in [1.165, 1.54) is 0 Å². The molecule has 33 heavy (non-hydrogen) atoms. The molecule has 3 spiro atoms. The van der Waals surface area contributed by atoms with Crippen molar-refractivity contribution in [2.75, 3.05) is 41.2 Å². The molecule has 7 fully saturated rings. The van der Waals surface area contributed by atoms with Gasteiger partial charge in [0.2, 0.25) is 0 Å². The zero-order valence-electron chi connectivity index (χ0n) is 20.3. The summed E-state index contributed by atoms with van der Waals surface area (Å²) in [6.07, 6.45) is 2.13. The molecule has 0 aromatic rings. The van der Waals surface area contributed by atoms with E-state index in [1.54, 1.807) is 21.3 Å². The molecule has 2 saturated heterocycles. The number of nitrogens with zero attached hydrogens (tertiary/aromatic N) is 1. The van der Waals surface area contributed by atoms with E-state index >= 15 is 0 Å². The molecule has 12 atom stereocenters. The third-order valence-electron chi connectivity index (χ3n) is 11.6. The van der Waals surface area contributed by atoms with Gasteiger partial charge in [-0.1, -0.05) is 13.8 Å². The van der Waals surface area contributed by atoms with Gasteiger partial charge in [0, 0.05) is 52.0 Å². The number of fused-ring (bicyclic) bond motifs is 1. The van der Waals surface area contributed by atoms with Crippen molar-refractivity contribution in [3.8, 4) is 0 Å². The number of ether oxygens (including phenoxy) is 5. The monoisotopic (exact) mass is 463 g/mol.